The number of aromatic nitrogens is 4. The lowest BCUT2D eigenvalue weighted by Crippen LogP contribution is -2.39. The molecule has 1 atom stereocenters. The van der Waals surface area contributed by atoms with Gasteiger partial charge in [-0.1, -0.05) is 5.21 Å². The summed E-state index contributed by atoms with van der Waals surface area (Å²) in [6.45, 7) is 1.05. The Labute approximate surface area is 175 Å². The van der Waals surface area contributed by atoms with Gasteiger partial charge >= 0.3 is 6.18 Å². The summed E-state index contributed by atoms with van der Waals surface area (Å²) in [6.07, 6.45) is 1.06. The van der Waals surface area contributed by atoms with Gasteiger partial charge in [-0.2, -0.15) is 13.2 Å². The molecule has 31 heavy (non-hydrogen) atoms. The molecule has 11 nitrogen and oxygen atoms in total. The van der Waals surface area contributed by atoms with E-state index in [0.717, 1.165) is 25.1 Å². The molecule has 168 valence electrons. The summed E-state index contributed by atoms with van der Waals surface area (Å²) in [7, 11) is 0. The van der Waals surface area contributed by atoms with Gasteiger partial charge in [-0.15, -0.1) is 10.6 Å². The Morgan fingerprint density at radius 1 is 1.29 bits per heavy atom. The van der Waals surface area contributed by atoms with Crippen LogP contribution in [0.25, 0.3) is 0 Å². The van der Waals surface area contributed by atoms with Crippen LogP contribution in [-0.4, -0.2) is 48.8 Å². The third kappa shape index (κ3) is 6.37. The van der Waals surface area contributed by atoms with Gasteiger partial charge in [0.15, 0.2) is 5.69 Å². The zero-order valence-corrected chi connectivity index (χ0v) is 16.3. The number of nitrogens with two attached hydrogens (primary N) is 1. The SMILES string of the molecule is NC(O)C1=CN(CCCCn2cc(C(=O)NCc3cncc(C(F)(F)F)c3)nn2)NN1. The van der Waals surface area contributed by atoms with Crippen LogP contribution in [0.3, 0.4) is 0 Å². The number of unbranched alkanes of at least 4 members (excludes halogenated alkanes) is 1. The normalized spacial score (nSPS) is 14.9. The van der Waals surface area contributed by atoms with Gasteiger partial charge in [-0.3, -0.25) is 19.5 Å². The van der Waals surface area contributed by atoms with Crippen molar-refractivity contribution < 1.29 is 23.1 Å². The van der Waals surface area contributed by atoms with Gasteiger partial charge in [0.2, 0.25) is 0 Å². The van der Waals surface area contributed by atoms with Gasteiger partial charge < -0.3 is 21.6 Å². The molecular formula is C17H22F3N9O2. The van der Waals surface area contributed by atoms with Gasteiger partial charge in [0.25, 0.3) is 5.91 Å². The van der Waals surface area contributed by atoms with E-state index in [9.17, 15) is 23.1 Å². The maximum absolute atomic E-state index is 12.7. The number of nitrogens with zero attached hydrogens (tertiary/aromatic N) is 5. The van der Waals surface area contributed by atoms with Crippen molar-refractivity contribution in [1.29, 1.82) is 0 Å². The van der Waals surface area contributed by atoms with E-state index in [1.165, 1.54) is 17.1 Å². The van der Waals surface area contributed by atoms with Crippen molar-refractivity contribution in [3.8, 4) is 0 Å². The third-order valence-corrected chi connectivity index (χ3v) is 4.34. The molecule has 2 aromatic heterocycles. The van der Waals surface area contributed by atoms with E-state index in [0.29, 0.717) is 18.8 Å². The highest BCUT2D eigenvalue weighted by Gasteiger charge is 2.31. The first-order chi connectivity index (χ1) is 14.7. The van der Waals surface area contributed by atoms with Crippen molar-refractivity contribution in [2.45, 2.75) is 38.3 Å². The second-order valence-electron chi connectivity index (χ2n) is 6.80. The first kappa shape index (κ1) is 22.5. The number of nitrogens with one attached hydrogen (secondary N) is 3. The number of amides is 1. The number of halogens is 3. The van der Waals surface area contributed by atoms with Gasteiger partial charge in [-0.05, 0) is 24.5 Å². The Kier molecular flexibility index (Phi) is 7.04. The molecule has 0 aromatic carbocycles. The summed E-state index contributed by atoms with van der Waals surface area (Å²) in [4.78, 5) is 15.7. The maximum atomic E-state index is 12.7. The summed E-state index contributed by atoms with van der Waals surface area (Å²) < 4.78 is 39.7. The molecule has 1 aliphatic heterocycles. The highest BCUT2D eigenvalue weighted by molar-refractivity contribution is 5.91. The molecular weight excluding hydrogens is 419 g/mol. The molecule has 0 saturated carbocycles. The molecule has 3 rings (SSSR count). The zero-order chi connectivity index (χ0) is 22.4. The van der Waals surface area contributed by atoms with Crippen LogP contribution < -0.4 is 22.0 Å². The number of rotatable bonds is 9. The lowest BCUT2D eigenvalue weighted by molar-refractivity contribution is -0.137. The van der Waals surface area contributed by atoms with E-state index in [4.69, 9.17) is 5.73 Å². The second kappa shape index (κ2) is 9.72. The molecule has 6 N–H and O–H groups in total. The van der Waals surface area contributed by atoms with Crippen molar-refractivity contribution >= 4 is 5.91 Å². The minimum atomic E-state index is -4.50. The second-order valence-corrected chi connectivity index (χ2v) is 6.80. The predicted molar refractivity (Wildman–Crippen MR) is 101 cm³/mol. The zero-order valence-electron chi connectivity index (χ0n) is 16.3. The van der Waals surface area contributed by atoms with Gasteiger partial charge in [0.05, 0.1) is 17.5 Å². The molecule has 3 heterocycles. The Morgan fingerprint density at radius 3 is 2.77 bits per heavy atom. The van der Waals surface area contributed by atoms with Crippen molar-refractivity contribution in [1.82, 2.24) is 41.3 Å². The first-order valence-electron chi connectivity index (χ1n) is 9.35. The molecule has 1 aliphatic rings. The molecule has 0 radical (unpaired) electrons. The number of carbonyl (C=O) groups is 1. The molecule has 0 aliphatic carbocycles. The van der Waals surface area contributed by atoms with Crippen LogP contribution in [0.5, 0.6) is 0 Å². The number of hydrogen-bond acceptors (Lipinski definition) is 9. The lowest BCUT2D eigenvalue weighted by atomic mass is 10.2. The Balaban J connectivity index is 1.41. The van der Waals surface area contributed by atoms with Crippen molar-refractivity contribution in [3.63, 3.8) is 0 Å². The number of hydrazine groups is 2. The monoisotopic (exact) mass is 441 g/mol. The Morgan fingerprint density at radius 2 is 2.06 bits per heavy atom. The molecule has 0 bridgehead atoms. The van der Waals surface area contributed by atoms with Crippen LogP contribution in [0, 0.1) is 0 Å². The van der Waals surface area contributed by atoms with E-state index in [1.807, 2.05) is 0 Å². The summed E-state index contributed by atoms with van der Waals surface area (Å²) in [6, 6.07) is 0.932. The van der Waals surface area contributed by atoms with Crippen molar-refractivity contribution in [3.05, 3.63) is 53.4 Å². The number of aliphatic hydroxyl groups excluding tert-OH is 1. The van der Waals surface area contributed by atoms with E-state index in [1.54, 1.807) is 11.2 Å². The van der Waals surface area contributed by atoms with Crippen LogP contribution in [0.15, 0.2) is 36.6 Å². The van der Waals surface area contributed by atoms with Gasteiger partial charge in [0.1, 0.15) is 6.23 Å². The summed E-state index contributed by atoms with van der Waals surface area (Å²) in [5, 5.41) is 21.2. The van der Waals surface area contributed by atoms with Crippen LogP contribution in [0.4, 0.5) is 13.2 Å². The Hall–Kier alpha value is -3.23. The molecule has 2 aromatic rings. The average molecular weight is 441 g/mol. The van der Waals surface area contributed by atoms with Crippen LogP contribution in [0.1, 0.15) is 34.5 Å². The van der Waals surface area contributed by atoms with Gasteiger partial charge in [-0.25, -0.2) is 0 Å². The Bertz CT molecular complexity index is 930. The van der Waals surface area contributed by atoms with Crippen LogP contribution >= 0.6 is 0 Å². The first-order valence-corrected chi connectivity index (χ1v) is 9.35. The number of carbonyl (C=O) groups excluding carboxylic acids is 1. The molecule has 0 spiro atoms. The fraction of sp³-hybridized carbons (Fsp3) is 0.412. The smallest absolute Gasteiger partial charge is 0.373 e. The fourth-order valence-electron chi connectivity index (χ4n) is 2.72. The molecule has 1 unspecified atom stereocenters. The number of hydrogen-bond donors (Lipinski definition) is 5. The largest absolute Gasteiger partial charge is 0.417 e. The number of aryl methyl sites for hydroxylation is 1. The number of aliphatic hydroxyl groups is 1. The molecule has 1 amide bonds. The van der Waals surface area contributed by atoms with E-state index >= 15 is 0 Å². The predicted octanol–water partition coefficient (Wildman–Crippen LogP) is -0.155. The average Bonchev–Trinajstić information content (AvgIpc) is 3.39. The molecule has 0 saturated heterocycles. The van der Waals surface area contributed by atoms with Gasteiger partial charge in [0, 0.05) is 38.2 Å². The highest BCUT2D eigenvalue weighted by Crippen LogP contribution is 2.28. The lowest BCUT2D eigenvalue weighted by Gasteiger charge is -2.14. The van der Waals surface area contributed by atoms with E-state index < -0.39 is 23.9 Å². The fourth-order valence-corrected chi connectivity index (χ4v) is 2.72. The highest BCUT2D eigenvalue weighted by atomic mass is 19.4. The van der Waals surface area contributed by atoms with Crippen molar-refractivity contribution in [2.75, 3.05) is 6.54 Å². The number of alkyl halides is 3. The van der Waals surface area contributed by atoms with Crippen molar-refractivity contribution in [2.24, 2.45) is 5.73 Å². The topological polar surface area (TPSA) is 146 Å². The minimum absolute atomic E-state index is 0.0647. The summed E-state index contributed by atoms with van der Waals surface area (Å²) >= 11 is 0. The molecule has 0 fully saturated rings. The standard InChI is InChI=1S/C17H22F3N9O2/c18-17(19,20)12-5-11(6-22-8-12)7-23-16(31)14-10-29(27-25-14)4-2-1-3-28-9-13(15(21)30)24-26-28/h5-6,8-10,15,24,26,30H,1-4,7,21H2,(H,23,31). The minimum Gasteiger partial charge on any atom is -0.373 e. The number of pyridine rings is 1. The maximum Gasteiger partial charge on any atom is 0.417 e. The quantitative estimate of drug-likeness (QED) is 0.265. The summed E-state index contributed by atoms with van der Waals surface area (Å²) in [5.74, 6) is -0.547. The summed E-state index contributed by atoms with van der Waals surface area (Å²) in [5.41, 5.74) is 10.8. The van der Waals surface area contributed by atoms with E-state index in [-0.39, 0.29) is 17.8 Å². The third-order valence-electron chi connectivity index (χ3n) is 4.34. The van der Waals surface area contributed by atoms with Crippen LogP contribution in [-0.2, 0) is 19.3 Å². The molecule has 14 heteroatoms. The van der Waals surface area contributed by atoms with E-state index in [2.05, 4.69) is 31.6 Å². The van der Waals surface area contributed by atoms with Crippen LogP contribution in [0.2, 0.25) is 0 Å².